The SMILES string of the molecule is CCc1c2nc(-c3cc(S(=O)(=O)N4CCN(O)CC4)cnc3OCCOC)[nH]c(=O)c2nn1Cc1ccccn1. The van der Waals surface area contributed by atoms with Crippen LogP contribution in [0.2, 0.25) is 0 Å². The predicted molar refractivity (Wildman–Crippen MR) is 144 cm³/mol. The van der Waals surface area contributed by atoms with E-state index in [9.17, 15) is 18.4 Å². The number of ether oxygens (including phenoxy) is 2. The lowest BCUT2D eigenvalue weighted by Crippen LogP contribution is -2.47. The molecule has 40 heavy (non-hydrogen) atoms. The summed E-state index contributed by atoms with van der Waals surface area (Å²) >= 11 is 0. The molecular formula is C25H30N8O6S. The summed E-state index contributed by atoms with van der Waals surface area (Å²) in [4.78, 5) is 29.2. The quantitative estimate of drug-likeness (QED) is 0.260. The van der Waals surface area contributed by atoms with Gasteiger partial charge >= 0.3 is 0 Å². The molecule has 0 saturated carbocycles. The Kier molecular flexibility index (Phi) is 8.18. The smallest absolute Gasteiger partial charge is 0.279 e. The number of piperazine rings is 1. The first-order chi connectivity index (χ1) is 19.3. The zero-order valence-electron chi connectivity index (χ0n) is 22.1. The van der Waals surface area contributed by atoms with Gasteiger partial charge in [-0.15, -0.1) is 0 Å². The van der Waals surface area contributed by atoms with Crippen LogP contribution >= 0.6 is 0 Å². The third kappa shape index (κ3) is 5.59. The van der Waals surface area contributed by atoms with E-state index >= 15 is 0 Å². The Morgan fingerprint density at radius 1 is 1.10 bits per heavy atom. The van der Waals surface area contributed by atoms with Crippen molar-refractivity contribution in [3.8, 4) is 17.3 Å². The number of pyridine rings is 2. The minimum atomic E-state index is -3.94. The molecule has 2 N–H and O–H groups in total. The molecule has 15 heteroatoms. The lowest BCUT2D eigenvalue weighted by Gasteiger charge is -2.30. The van der Waals surface area contributed by atoms with Crippen LogP contribution in [-0.4, -0.2) is 99.2 Å². The van der Waals surface area contributed by atoms with Crippen LogP contribution in [0.15, 0.2) is 46.3 Å². The summed E-state index contributed by atoms with van der Waals surface area (Å²) in [7, 11) is -2.42. The summed E-state index contributed by atoms with van der Waals surface area (Å²) in [5.74, 6) is 0.194. The van der Waals surface area contributed by atoms with Gasteiger partial charge in [-0.25, -0.2) is 18.4 Å². The molecular weight excluding hydrogens is 540 g/mol. The molecule has 4 aromatic rings. The van der Waals surface area contributed by atoms with Gasteiger partial charge in [0.05, 0.1) is 36.3 Å². The molecule has 5 heterocycles. The second-order valence-electron chi connectivity index (χ2n) is 9.11. The molecule has 1 fully saturated rings. The summed E-state index contributed by atoms with van der Waals surface area (Å²) in [5.41, 5.74) is 1.79. The number of hydrogen-bond acceptors (Lipinski definition) is 11. The number of rotatable bonds is 10. The summed E-state index contributed by atoms with van der Waals surface area (Å²) in [5, 5.41) is 15.2. The fourth-order valence-corrected chi connectivity index (χ4v) is 5.86. The van der Waals surface area contributed by atoms with Crippen molar-refractivity contribution in [1.29, 1.82) is 0 Å². The molecule has 0 bridgehead atoms. The number of hydroxylamine groups is 2. The molecule has 14 nitrogen and oxygen atoms in total. The normalized spacial score (nSPS) is 15.1. The van der Waals surface area contributed by atoms with Crippen LogP contribution in [0, 0.1) is 0 Å². The second-order valence-corrected chi connectivity index (χ2v) is 11.1. The average Bonchev–Trinajstić information content (AvgIpc) is 3.31. The molecule has 4 aromatic heterocycles. The lowest BCUT2D eigenvalue weighted by atomic mass is 10.2. The van der Waals surface area contributed by atoms with Crippen molar-refractivity contribution in [3.63, 3.8) is 0 Å². The molecule has 0 radical (unpaired) electrons. The number of fused-ring (bicyclic) bond motifs is 1. The van der Waals surface area contributed by atoms with Gasteiger partial charge in [0.15, 0.2) is 5.52 Å². The van der Waals surface area contributed by atoms with Crippen LogP contribution in [0.4, 0.5) is 0 Å². The van der Waals surface area contributed by atoms with Crippen molar-refractivity contribution < 1.29 is 23.1 Å². The van der Waals surface area contributed by atoms with Crippen molar-refractivity contribution in [2.45, 2.75) is 24.8 Å². The fourth-order valence-electron chi connectivity index (χ4n) is 4.47. The third-order valence-electron chi connectivity index (χ3n) is 6.53. The molecule has 0 aliphatic carbocycles. The van der Waals surface area contributed by atoms with Crippen molar-refractivity contribution in [2.75, 3.05) is 46.5 Å². The Labute approximate surface area is 230 Å². The second kappa shape index (κ2) is 11.8. The van der Waals surface area contributed by atoms with Crippen LogP contribution in [0.25, 0.3) is 22.4 Å². The van der Waals surface area contributed by atoms with Gasteiger partial charge < -0.3 is 19.7 Å². The third-order valence-corrected chi connectivity index (χ3v) is 8.40. The highest BCUT2D eigenvalue weighted by Crippen LogP contribution is 2.30. The molecule has 1 saturated heterocycles. The first-order valence-corrected chi connectivity index (χ1v) is 14.2. The number of methoxy groups -OCH3 is 1. The fraction of sp³-hybridized carbons (Fsp3) is 0.400. The molecule has 0 spiro atoms. The number of aryl methyl sites for hydroxylation is 1. The number of nitrogens with zero attached hydrogens (tertiary/aromatic N) is 7. The lowest BCUT2D eigenvalue weighted by molar-refractivity contribution is -0.108. The number of sulfonamides is 1. The van der Waals surface area contributed by atoms with E-state index in [1.165, 1.54) is 23.7 Å². The van der Waals surface area contributed by atoms with Gasteiger partial charge in [-0.1, -0.05) is 13.0 Å². The van der Waals surface area contributed by atoms with Crippen LogP contribution in [0.3, 0.4) is 0 Å². The Bertz CT molecular complexity index is 1650. The first-order valence-electron chi connectivity index (χ1n) is 12.8. The van der Waals surface area contributed by atoms with Crippen LogP contribution in [-0.2, 0) is 27.7 Å². The number of aromatic nitrogens is 6. The number of aromatic amines is 1. The van der Waals surface area contributed by atoms with Crippen molar-refractivity contribution in [1.82, 2.24) is 39.1 Å². The molecule has 212 valence electrons. The monoisotopic (exact) mass is 570 g/mol. The van der Waals surface area contributed by atoms with Crippen molar-refractivity contribution in [3.05, 3.63) is 58.4 Å². The number of hydrogen-bond donors (Lipinski definition) is 2. The summed E-state index contributed by atoms with van der Waals surface area (Å²) in [6, 6.07) is 6.97. The van der Waals surface area contributed by atoms with E-state index in [1.54, 1.807) is 10.9 Å². The number of H-pyrrole nitrogens is 1. The van der Waals surface area contributed by atoms with Crippen molar-refractivity contribution >= 4 is 21.1 Å². The Morgan fingerprint density at radius 2 is 1.90 bits per heavy atom. The zero-order chi connectivity index (χ0) is 28.3. The first kappa shape index (κ1) is 27.8. The molecule has 1 aliphatic rings. The highest BCUT2D eigenvalue weighted by atomic mass is 32.2. The topological polar surface area (TPSA) is 169 Å². The maximum atomic E-state index is 13.4. The van der Waals surface area contributed by atoms with Crippen LogP contribution in [0.1, 0.15) is 18.3 Å². The Morgan fingerprint density at radius 3 is 2.60 bits per heavy atom. The van der Waals surface area contributed by atoms with E-state index < -0.39 is 15.6 Å². The Balaban J connectivity index is 1.60. The van der Waals surface area contributed by atoms with Gasteiger partial charge in [0.1, 0.15) is 22.8 Å². The van der Waals surface area contributed by atoms with Crippen LogP contribution < -0.4 is 10.3 Å². The number of nitrogens with one attached hydrogen (secondary N) is 1. The van der Waals surface area contributed by atoms with Gasteiger partial charge in [-0.05, 0) is 24.6 Å². The highest BCUT2D eigenvalue weighted by molar-refractivity contribution is 7.89. The zero-order valence-corrected chi connectivity index (χ0v) is 23.0. The Hall–Kier alpha value is -3.76. The molecule has 1 aliphatic heterocycles. The van der Waals surface area contributed by atoms with E-state index in [0.29, 0.717) is 18.5 Å². The summed E-state index contributed by atoms with van der Waals surface area (Å²) in [6.45, 7) is 3.33. The van der Waals surface area contributed by atoms with E-state index in [1.807, 2.05) is 25.1 Å². The maximum Gasteiger partial charge on any atom is 0.279 e. The van der Waals surface area contributed by atoms with E-state index in [-0.39, 0.29) is 67.1 Å². The molecule has 0 amide bonds. The molecule has 0 aromatic carbocycles. The molecule has 0 unspecified atom stereocenters. The van der Waals surface area contributed by atoms with Gasteiger partial charge in [0.25, 0.3) is 5.56 Å². The van der Waals surface area contributed by atoms with E-state index in [0.717, 1.165) is 16.5 Å². The van der Waals surface area contributed by atoms with E-state index in [4.69, 9.17) is 14.5 Å². The van der Waals surface area contributed by atoms with Gasteiger partial charge in [-0.2, -0.15) is 14.5 Å². The predicted octanol–water partition coefficient (Wildman–Crippen LogP) is 0.908. The minimum absolute atomic E-state index is 0.0858. The van der Waals surface area contributed by atoms with Crippen LogP contribution in [0.5, 0.6) is 5.88 Å². The summed E-state index contributed by atoms with van der Waals surface area (Å²) < 4.78 is 40.7. The van der Waals surface area contributed by atoms with Gasteiger partial charge in [0, 0.05) is 39.5 Å². The van der Waals surface area contributed by atoms with Gasteiger partial charge in [0.2, 0.25) is 15.9 Å². The van der Waals surface area contributed by atoms with E-state index in [2.05, 4.69) is 20.1 Å². The standard InChI is InChI=1S/C25H30N8O6S/c1-3-20-21-22(30-33(20)16-17-6-4-5-7-26-17)24(34)29-23(28-21)19-14-18(15-27-25(19)39-13-12-38-2)40(36,37)32-10-8-31(35)9-11-32/h4-7,14-15,35H,3,8-13,16H2,1-2H3,(H,28,29,34). The summed E-state index contributed by atoms with van der Waals surface area (Å²) in [6.07, 6.45) is 3.45. The average molecular weight is 571 g/mol. The molecule has 5 rings (SSSR count). The van der Waals surface area contributed by atoms with Crippen molar-refractivity contribution in [2.24, 2.45) is 0 Å². The molecule has 0 atom stereocenters. The maximum absolute atomic E-state index is 13.4. The van der Waals surface area contributed by atoms with Gasteiger partial charge in [-0.3, -0.25) is 14.5 Å². The largest absolute Gasteiger partial charge is 0.475 e. The highest BCUT2D eigenvalue weighted by Gasteiger charge is 2.30. The minimum Gasteiger partial charge on any atom is -0.475 e.